The van der Waals surface area contributed by atoms with Crippen molar-refractivity contribution in [2.45, 2.75) is 30.6 Å². The maximum atomic E-state index is 12.3. The number of carbonyl (C=O) groups is 2. The molecule has 0 bridgehead atoms. The van der Waals surface area contributed by atoms with Crippen LogP contribution in [0.5, 0.6) is 0 Å². The van der Waals surface area contributed by atoms with Gasteiger partial charge in [0, 0.05) is 30.8 Å². The third-order valence-corrected chi connectivity index (χ3v) is 6.09. The third-order valence-electron chi connectivity index (χ3n) is 4.66. The Morgan fingerprint density at radius 2 is 1.89 bits per heavy atom. The second-order valence-corrected chi connectivity index (χ2v) is 8.49. The summed E-state index contributed by atoms with van der Waals surface area (Å²) in [6.45, 7) is 0.704. The molecule has 28 heavy (non-hydrogen) atoms. The number of nitrogens with one attached hydrogen (secondary N) is 2. The van der Waals surface area contributed by atoms with Crippen molar-refractivity contribution >= 4 is 33.2 Å². The molecule has 0 radical (unpaired) electrons. The van der Waals surface area contributed by atoms with Gasteiger partial charge in [-0.3, -0.25) is 9.59 Å². The van der Waals surface area contributed by atoms with E-state index in [0.717, 1.165) is 17.7 Å². The molecule has 1 aliphatic rings. The SMILES string of the molecule is CNS(=O)(=O)c1ccc(CCC(=O)Nc2cccc(N3CCCC3=O)c2)cc1. The highest BCUT2D eigenvalue weighted by atomic mass is 32.2. The van der Waals surface area contributed by atoms with E-state index in [2.05, 4.69) is 10.0 Å². The number of amides is 2. The summed E-state index contributed by atoms with van der Waals surface area (Å²) in [5, 5.41) is 2.85. The molecule has 3 rings (SSSR count). The first-order valence-electron chi connectivity index (χ1n) is 9.12. The predicted octanol–water partition coefficient (Wildman–Crippen LogP) is 2.29. The van der Waals surface area contributed by atoms with E-state index in [1.54, 1.807) is 29.2 Å². The molecule has 0 spiro atoms. The Bertz CT molecular complexity index is 971. The Hall–Kier alpha value is -2.71. The molecule has 2 aromatic rings. The van der Waals surface area contributed by atoms with E-state index in [1.165, 1.54) is 19.2 Å². The van der Waals surface area contributed by atoms with Crippen LogP contribution in [0.2, 0.25) is 0 Å². The summed E-state index contributed by atoms with van der Waals surface area (Å²) in [6, 6.07) is 13.7. The zero-order valence-electron chi connectivity index (χ0n) is 15.6. The molecule has 1 fully saturated rings. The normalized spacial score (nSPS) is 14.3. The average molecular weight is 401 g/mol. The van der Waals surface area contributed by atoms with Crippen LogP contribution in [0.3, 0.4) is 0 Å². The minimum atomic E-state index is -3.46. The number of rotatable bonds is 7. The second-order valence-electron chi connectivity index (χ2n) is 6.60. The van der Waals surface area contributed by atoms with Crippen molar-refractivity contribution < 1.29 is 18.0 Å². The first-order chi connectivity index (χ1) is 13.4. The molecule has 2 N–H and O–H groups in total. The fourth-order valence-electron chi connectivity index (χ4n) is 3.11. The molecule has 2 aromatic carbocycles. The molecule has 0 unspecified atom stereocenters. The number of sulfonamides is 1. The van der Waals surface area contributed by atoms with Gasteiger partial charge >= 0.3 is 0 Å². The van der Waals surface area contributed by atoms with Crippen LogP contribution >= 0.6 is 0 Å². The highest BCUT2D eigenvalue weighted by Gasteiger charge is 2.21. The Labute approximate surface area is 164 Å². The van der Waals surface area contributed by atoms with E-state index >= 15 is 0 Å². The fraction of sp³-hybridized carbons (Fsp3) is 0.300. The molecule has 8 heteroatoms. The standard InChI is InChI=1S/C20H23N3O4S/c1-21-28(26,27)18-10-7-15(8-11-18)9-12-19(24)22-16-4-2-5-17(14-16)23-13-3-6-20(23)25/h2,4-5,7-8,10-11,14,21H,3,6,9,12-13H2,1H3,(H,22,24). The molecule has 0 aromatic heterocycles. The highest BCUT2D eigenvalue weighted by Crippen LogP contribution is 2.24. The first kappa shape index (κ1) is 20.0. The monoisotopic (exact) mass is 401 g/mol. The Morgan fingerprint density at radius 3 is 2.54 bits per heavy atom. The number of hydrogen-bond donors (Lipinski definition) is 2. The van der Waals surface area contributed by atoms with Gasteiger partial charge in [-0.2, -0.15) is 0 Å². The van der Waals surface area contributed by atoms with Crippen molar-refractivity contribution in [3.8, 4) is 0 Å². The van der Waals surface area contributed by atoms with Gasteiger partial charge in [-0.25, -0.2) is 13.1 Å². The Kier molecular flexibility index (Phi) is 6.11. The molecule has 0 saturated carbocycles. The van der Waals surface area contributed by atoms with Crippen molar-refractivity contribution in [1.29, 1.82) is 0 Å². The van der Waals surface area contributed by atoms with Gasteiger partial charge in [-0.05, 0) is 55.8 Å². The van der Waals surface area contributed by atoms with Gasteiger partial charge in [0.1, 0.15) is 0 Å². The summed E-state index contributed by atoms with van der Waals surface area (Å²) in [4.78, 5) is 26.1. The third kappa shape index (κ3) is 4.76. The maximum Gasteiger partial charge on any atom is 0.240 e. The van der Waals surface area contributed by atoms with E-state index in [9.17, 15) is 18.0 Å². The topological polar surface area (TPSA) is 95.6 Å². The van der Waals surface area contributed by atoms with E-state index < -0.39 is 10.0 Å². The zero-order valence-corrected chi connectivity index (χ0v) is 16.5. The molecule has 0 aliphatic carbocycles. The largest absolute Gasteiger partial charge is 0.326 e. The summed E-state index contributed by atoms with van der Waals surface area (Å²) in [5.74, 6) is -0.0379. The van der Waals surface area contributed by atoms with Gasteiger partial charge in [-0.1, -0.05) is 18.2 Å². The van der Waals surface area contributed by atoms with E-state index in [-0.39, 0.29) is 23.1 Å². The summed E-state index contributed by atoms with van der Waals surface area (Å²) < 4.78 is 25.7. The van der Waals surface area contributed by atoms with Crippen LogP contribution in [0.15, 0.2) is 53.4 Å². The number of anilines is 2. The highest BCUT2D eigenvalue weighted by molar-refractivity contribution is 7.89. The summed E-state index contributed by atoms with van der Waals surface area (Å²) in [6.07, 6.45) is 2.18. The Morgan fingerprint density at radius 1 is 1.14 bits per heavy atom. The predicted molar refractivity (Wildman–Crippen MR) is 108 cm³/mol. The van der Waals surface area contributed by atoms with Crippen LogP contribution in [-0.4, -0.2) is 33.8 Å². The number of aryl methyl sites for hydroxylation is 1. The van der Waals surface area contributed by atoms with Gasteiger partial charge < -0.3 is 10.2 Å². The lowest BCUT2D eigenvalue weighted by atomic mass is 10.1. The number of carbonyl (C=O) groups excluding carboxylic acids is 2. The van der Waals surface area contributed by atoms with Gasteiger partial charge in [0.05, 0.1) is 4.90 Å². The fourth-order valence-corrected chi connectivity index (χ4v) is 3.84. The van der Waals surface area contributed by atoms with Gasteiger partial charge in [0.15, 0.2) is 0 Å². The van der Waals surface area contributed by atoms with E-state index in [0.29, 0.717) is 25.1 Å². The van der Waals surface area contributed by atoms with Crippen LogP contribution in [0.4, 0.5) is 11.4 Å². The minimum absolute atomic E-state index is 0.104. The lowest BCUT2D eigenvalue weighted by Crippen LogP contribution is -2.23. The molecule has 7 nitrogen and oxygen atoms in total. The van der Waals surface area contributed by atoms with Crippen LogP contribution in [0.25, 0.3) is 0 Å². The van der Waals surface area contributed by atoms with Crippen molar-refractivity contribution in [1.82, 2.24) is 4.72 Å². The minimum Gasteiger partial charge on any atom is -0.326 e. The van der Waals surface area contributed by atoms with Crippen LogP contribution in [0.1, 0.15) is 24.8 Å². The second kappa shape index (κ2) is 8.53. The summed E-state index contributed by atoms with van der Waals surface area (Å²) in [5.41, 5.74) is 2.32. The quantitative estimate of drug-likeness (QED) is 0.744. The van der Waals surface area contributed by atoms with Crippen molar-refractivity contribution in [2.75, 3.05) is 23.8 Å². The summed E-state index contributed by atoms with van der Waals surface area (Å²) in [7, 11) is -2.10. The lowest BCUT2D eigenvalue weighted by Gasteiger charge is -2.16. The maximum absolute atomic E-state index is 12.3. The number of nitrogens with zero attached hydrogens (tertiary/aromatic N) is 1. The first-order valence-corrected chi connectivity index (χ1v) is 10.6. The number of benzene rings is 2. The summed E-state index contributed by atoms with van der Waals surface area (Å²) >= 11 is 0. The van der Waals surface area contributed by atoms with E-state index in [4.69, 9.17) is 0 Å². The smallest absolute Gasteiger partial charge is 0.240 e. The van der Waals surface area contributed by atoms with Crippen molar-refractivity contribution in [3.63, 3.8) is 0 Å². The molecule has 1 aliphatic heterocycles. The molecule has 148 valence electrons. The molecule has 1 saturated heterocycles. The van der Waals surface area contributed by atoms with Crippen molar-refractivity contribution in [2.24, 2.45) is 0 Å². The van der Waals surface area contributed by atoms with E-state index in [1.807, 2.05) is 12.1 Å². The molecular formula is C20H23N3O4S. The van der Waals surface area contributed by atoms with Gasteiger partial charge in [0.2, 0.25) is 21.8 Å². The zero-order chi connectivity index (χ0) is 20.1. The lowest BCUT2D eigenvalue weighted by molar-refractivity contribution is -0.117. The molecule has 2 amide bonds. The number of hydrogen-bond acceptors (Lipinski definition) is 4. The van der Waals surface area contributed by atoms with Crippen LogP contribution < -0.4 is 14.9 Å². The van der Waals surface area contributed by atoms with Crippen LogP contribution in [-0.2, 0) is 26.0 Å². The van der Waals surface area contributed by atoms with Gasteiger partial charge in [0.25, 0.3) is 0 Å². The van der Waals surface area contributed by atoms with Gasteiger partial charge in [-0.15, -0.1) is 0 Å². The van der Waals surface area contributed by atoms with Crippen LogP contribution in [0, 0.1) is 0 Å². The van der Waals surface area contributed by atoms with Crippen molar-refractivity contribution in [3.05, 3.63) is 54.1 Å². The Balaban J connectivity index is 1.57. The molecule has 1 heterocycles. The average Bonchev–Trinajstić information content (AvgIpc) is 3.13. The molecule has 0 atom stereocenters. The molecular weight excluding hydrogens is 378 g/mol.